The zero-order chi connectivity index (χ0) is 13.7. The molecule has 1 aliphatic rings. The first-order valence-corrected chi connectivity index (χ1v) is 8.78. The Morgan fingerprint density at radius 3 is 2.68 bits per heavy atom. The molecule has 0 bridgehead atoms. The highest BCUT2D eigenvalue weighted by molar-refractivity contribution is 9.10. The molecule has 1 fully saturated rings. The Hall–Kier alpha value is -0.0600. The summed E-state index contributed by atoms with van der Waals surface area (Å²) in [7, 11) is 1.75. The fourth-order valence-corrected chi connectivity index (χ4v) is 3.72. The van der Waals surface area contributed by atoms with E-state index >= 15 is 0 Å². The van der Waals surface area contributed by atoms with Gasteiger partial charge in [-0.1, -0.05) is 44.7 Å². The van der Waals surface area contributed by atoms with E-state index in [4.69, 9.17) is 4.74 Å². The van der Waals surface area contributed by atoms with Crippen molar-refractivity contribution in [1.29, 1.82) is 0 Å². The molecule has 0 radical (unpaired) electrons. The van der Waals surface area contributed by atoms with Gasteiger partial charge in [-0.05, 0) is 31.0 Å². The lowest BCUT2D eigenvalue weighted by Crippen LogP contribution is -2.34. The highest BCUT2D eigenvalue weighted by Gasteiger charge is 2.23. The first kappa shape index (κ1) is 15.3. The predicted octanol–water partition coefficient (Wildman–Crippen LogP) is 4.60. The standard InChI is InChI=1S/C15H21Br2NO/c1-19-15-7-6-13(17)10-12(15)11-18(9-8-16)14-4-2-3-5-14/h6-7,10,14H,2-5,8-9,11H2,1H3. The van der Waals surface area contributed by atoms with Gasteiger partial charge in [-0.3, -0.25) is 4.90 Å². The van der Waals surface area contributed by atoms with Crippen LogP contribution >= 0.6 is 31.9 Å². The highest BCUT2D eigenvalue weighted by atomic mass is 79.9. The summed E-state index contributed by atoms with van der Waals surface area (Å²) in [6.45, 7) is 2.07. The average Bonchev–Trinajstić information content (AvgIpc) is 2.92. The Bertz CT molecular complexity index is 405. The van der Waals surface area contributed by atoms with E-state index < -0.39 is 0 Å². The van der Waals surface area contributed by atoms with Gasteiger partial charge in [-0.2, -0.15) is 0 Å². The summed E-state index contributed by atoms with van der Waals surface area (Å²) in [5, 5.41) is 1.03. The SMILES string of the molecule is COc1ccc(Br)cc1CN(CCBr)C1CCCC1. The van der Waals surface area contributed by atoms with Crippen molar-refractivity contribution in [1.82, 2.24) is 4.90 Å². The summed E-state index contributed by atoms with van der Waals surface area (Å²) in [5.41, 5.74) is 1.27. The molecule has 1 aromatic carbocycles. The maximum absolute atomic E-state index is 5.48. The van der Waals surface area contributed by atoms with Crippen LogP contribution < -0.4 is 4.74 Å². The van der Waals surface area contributed by atoms with Crippen LogP contribution in [0, 0.1) is 0 Å². The van der Waals surface area contributed by atoms with Gasteiger partial charge in [0, 0.05) is 34.5 Å². The van der Waals surface area contributed by atoms with Gasteiger partial charge < -0.3 is 4.74 Å². The van der Waals surface area contributed by atoms with Gasteiger partial charge in [0.2, 0.25) is 0 Å². The first-order valence-electron chi connectivity index (χ1n) is 6.87. The van der Waals surface area contributed by atoms with Gasteiger partial charge in [-0.25, -0.2) is 0 Å². The molecule has 0 aromatic heterocycles. The molecule has 0 saturated heterocycles. The fourth-order valence-electron chi connectivity index (χ4n) is 2.86. The van der Waals surface area contributed by atoms with Gasteiger partial charge in [0.05, 0.1) is 7.11 Å². The quantitative estimate of drug-likeness (QED) is 0.658. The van der Waals surface area contributed by atoms with Crippen LogP contribution in [0.5, 0.6) is 5.75 Å². The van der Waals surface area contributed by atoms with Crippen LogP contribution in [0.2, 0.25) is 0 Å². The number of methoxy groups -OCH3 is 1. The van der Waals surface area contributed by atoms with E-state index in [2.05, 4.69) is 42.8 Å². The number of ether oxygens (including phenoxy) is 1. The molecular formula is C15H21Br2NO. The van der Waals surface area contributed by atoms with E-state index in [0.29, 0.717) is 0 Å². The third kappa shape index (κ3) is 4.20. The molecule has 0 spiro atoms. The molecule has 0 aliphatic heterocycles. The minimum Gasteiger partial charge on any atom is -0.496 e. The van der Waals surface area contributed by atoms with E-state index in [1.54, 1.807) is 7.11 Å². The van der Waals surface area contributed by atoms with Crippen molar-refractivity contribution < 1.29 is 4.74 Å². The number of halogens is 2. The lowest BCUT2D eigenvalue weighted by atomic mass is 10.1. The van der Waals surface area contributed by atoms with Crippen molar-refractivity contribution in [2.45, 2.75) is 38.3 Å². The van der Waals surface area contributed by atoms with E-state index in [1.165, 1.54) is 31.2 Å². The van der Waals surface area contributed by atoms with Crippen molar-refractivity contribution in [2.75, 3.05) is 19.0 Å². The van der Waals surface area contributed by atoms with Crippen LogP contribution in [0.4, 0.5) is 0 Å². The number of hydrogen-bond donors (Lipinski definition) is 0. The predicted molar refractivity (Wildman–Crippen MR) is 87.2 cm³/mol. The molecule has 0 unspecified atom stereocenters. The molecule has 19 heavy (non-hydrogen) atoms. The molecule has 1 aliphatic carbocycles. The van der Waals surface area contributed by atoms with Gasteiger partial charge in [0.25, 0.3) is 0 Å². The number of alkyl halides is 1. The molecule has 1 saturated carbocycles. The van der Waals surface area contributed by atoms with E-state index in [9.17, 15) is 0 Å². The second kappa shape index (κ2) is 7.65. The fraction of sp³-hybridized carbons (Fsp3) is 0.600. The molecule has 0 N–H and O–H groups in total. The molecular weight excluding hydrogens is 370 g/mol. The minimum atomic E-state index is 0.737. The molecule has 0 atom stereocenters. The van der Waals surface area contributed by atoms with E-state index in [1.807, 2.05) is 12.1 Å². The van der Waals surface area contributed by atoms with E-state index in [-0.39, 0.29) is 0 Å². The first-order chi connectivity index (χ1) is 9.24. The number of hydrogen-bond acceptors (Lipinski definition) is 2. The zero-order valence-corrected chi connectivity index (χ0v) is 14.5. The van der Waals surface area contributed by atoms with Gasteiger partial charge in [-0.15, -0.1) is 0 Å². The van der Waals surface area contributed by atoms with Crippen LogP contribution in [0.3, 0.4) is 0 Å². The Morgan fingerprint density at radius 2 is 2.05 bits per heavy atom. The van der Waals surface area contributed by atoms with Crippen molar-refractivity contribution in [3.8, 4) is 5.75 Å². The maximum Gasteiger partial charge on any atom is 0.123 e. The topological polar surface area (TPSA) is 12.5 Å². The second-order valence-electron chi connectivity index (χ2n) is 5.05. The monoisotopic (exact) mass is 389 g/mol. The largest absolute Gasteiger partial charge is 0.496 e. The maximum atomic E-state index is 5.48. The zero-order valence-electron chi connectivity index (χ0n) is 11.4. The molecule has 2 nitrogen and oxygen atoms in total. The molecule has 0 heterocycles. The lowest BCUT2D eigenvalue weighted by molar-refractivity contribution is 0.200. The molecule has 0 amide bonds. The second-order valence-corrected chi connectivity index (χ2v) is 6.76. The van der Waals surface area contributed by atoms with Crippen LogP contribution in [-0.4, -0.2) is 29.9 Å². The van der Waals surface area contributed by atoms with Crippen molar-refractivity contribution in [3.05, 3.63) is 28.2 Å². The highest BCUT2D eigenvalue weighted by Crippen LogP contribution is 2.29. The van der Waals surface area contributed by atoms with Crippen LogP contribution in [0.25, 0.3) is 0 Å². The van der Waals surface area contributed by atoms with Gasteiger partial charge >= 0.3 is 0 Å². The van der Waals surface area contributed by atoms with Crippen LogP contribution in [0.1, 0.15) is 31.2 Å². The van der Waals surface area contributed by atoms with Crippen LogP contribution in [-0.2, 0) is 6.54 Å². The van der Waals surface area contributed by atoms with Gasteiger partial charge in [0.15, 0.2) is 0 Å². The Balaban J connectivity index is 2.13. The number of benzene rings is 1. The van der Waals surface area contributed by atoms with Gasteiger partial charge in [0.1, 0.15) is 5.75 Å². The normalized spacial score (nSPS) is 16.2. The summed E-state index contributed by atoms with van der Waals surface area (Å²) in [6.07, 6.45) is 5.42. The molecule has 4 heteroatoms. The Morgan fingerprint density at radius 1 is 1.32 bits per heavy atom. The summed E-state index contributed by atoms with van der Waals surface area (Å²) in [6, 6.07) is 6.99. The summed E-state index contributed by atoms with van der Waals surface area (Å²) >= 11 is 7.13. The van der Waals surface area contributed by atoms with E-state index in [0.717, 1.165) is 34.7 Å². The van der Waals surface area contributed by atoms with Crippen molar-refractivity contribution in [2.24, 2.45) is 0 Å². The smallest absolute Gasteiger partial charge is 0.123 e. The summed E-state index contributed by atoms with van der Waals surface area (Å²) in [5.74, 6) is 0.987. The average molecular weight is 391 g/mol. The summed E-state index contributed by atoms with van der Waals surface area (Å²) < 4.78 is 6.60. The number of nitrogens with zero attached hydrogens (tertiary/aromatic N) is 1. The van der Waals surface area contributed by atoms with Crippen molar-refractivity contribution >= 4 is 31.9 Å². The lowest BCUT2D eigenvalue weighted by Gasteiger charge is -2.28. The minimum absolute atomic E-state index is 0.737. The van der Waals surface area contributed by atoms with Crippen LogP contribution in [0.15, 0.2) is 22.7 Å². The third-order valence-electron chi connectivity index (χ3n) is 3.83. The Labute approximate surface area is 132 Å². The molecule has 2 rings (SSSR count). The number of rotatable bonds is 6. The van der Waals surface area contributed by atoms with Crippen molar-refractivity contribution in [3.63, 3.8) is 0 Å². The molecule has 106 valence electrons. The third-order valence-corrected chi connectivity index (χ3v) is 4.68. The Kier molecular flexibility index (Phi) is 6.17. The summed E-state index contributed by atoms with van der Waals surface area (Å²) in [4.78, 5) is 2.59. The molecule has 1 aromatic rings.